The number of benzene rings is 2. The minimum absolute atomic E-state index is 0.0448. The van der Waals surface area contributed by atoms with E-state index in [1.54, 1.807) is 12.1 Å². The van der Waals surface area contributed by atoms with Crippen LogP contribution >= 0.6 is 0 Å². The maximum absolute atomic E-state index is 12.1. The van der Waals surface area contributed by atoms with Gasteiger partial charge in [0.15, 0.2) is 6.61 Å². The summed E-state index contributed by atoms with van der Waals surface area (Å²) < 4.78 is 5.38. The Balaban J connectivity index is 1.50. The molecule has 0 radical (unpaired) electrons. The van der Waals surface area contributed by atoms with Crippen LogP contribution in [0.15, 0.2) is 42.5 Å². The molecule has 0 aromatic heterocycles. The summed E-state index contributed by atoms with van der Waals surface area (Å²) in [5.41, 5.74) is 3.34. The number of hydrogen-bond donors (Lipinski definition) is 2. The van der Waals surface area contributed by atoms with E-state index in [9.17, 15) is 14.4 Å². The average molecular weight is 381 g/mol. The van der Waals surface area contributed by atoms with E-state index in [1.165, 1.54) is 4.90 Å². The average Bonchev–Trinajstić information content (AvgIpc) is 2.68. The van der Waals surface area contributed by atoms with Gasteiger partial charge in [0, 0.05) is 18.7 Å². The van der Waals surface area contributed by atoms with Crippen LogP contribution in [0, 0.1) is 13.8 Å². The first-order valence-corrected chi connectivity index (χ1v) is 9.10. The van der Waals surface area contributed by atoms with Crippen LogP contribution in [0.3, 0.4) is 0 Å². The number of nitrogens with one attached hydrogen (secondary N) is 2. The third-order valence-electron chi connectivity index (χ3n) is 4.56. The predicted octanol–water partition coefficient (Wildman–Crippen LogP) is 2.17. The second kappa shape index (κ2) is 8.56. The van der Waals surface area contributed by atoms with Crippen LogP contribution < -0.4 is 20.3 Å². The maximum atomic E-state index is 12.1. The summed E-state index contributed by atoms with van der Waals surface area (Å²) in [6.45, 7) is 3.89. The molecule has 1 heterocycles. The van der Waals surface area contributed by atoms with E-state index in [-0.39, 0.29) is 43.8 Å². The van der Waals surface area contributed by atoms with Gasteiger partial charge in [0.25, 0.3) is 5.91 Å². The molecule has 0 bridgehead atoms. The number of rotatable bonds is 6. The second-order valence-electron chi connectivity index (χ2n) is 6.64. The quantitative estimate of drug-likeness (QED) is 0.803. The van der Waals surface area contributed by atoms with E-state index in [2.05, 4.69) is 10.6 Å². The van der Waals surface area contributed by atoms with Gasteiger partial charge >= 0.3 is 0 Å². The van der Waals surface area contributed by atoms with Gasteiger partial charge in [-0.25, -0.2) is 0 Å². The van der Waals surface area contributed by atoms with Gasteiger partial charge < -0.3 is 20.3 Å². The largest absolute Gasteiger partial charge is 0.482 e. The molecule has 7 nitrogen and oxygen atoms in total. The van der Waals surface area contributed by atoms with Gasteiger partial charge in [0.2, 0.25) is 11.8 Å². The Kier molecular flexibility index (Phi) is 5.93. The van der Waals surface area contributed by atoms with Crippen molar-refractivity contribution < 1.29 is 19.1 Å². The van der Waals surface area contributed by atoms with Crippen molar-refractivity contribution in [3.05, 3.63) is 53.6 Å². The zero-order valence-corrected chi connectivity index (χ0v) is 16.0. The molecule has 146 valence electrons. The lowest BCUT2D eigenvalue weighted by atomic mass is 10.1. The molecule has 3 amide bonds. The molecule has 0 saturated heterocycles. The number of carbonyl (C=O) groups is 3. The molecule has 28 heavy (non-hydrogen) atoms. The third kappa shape index (κ3) is 4.49. The molecule has 2 aromatic carbocycles. The van der Waals surface area contributed by atoms with Crippen LogP contribution in [0.5, 0.6) is 5.75 Å². The summed E-state index contributed by atoms with van der Waals surface area (Å²) in [5.74, 6) is -0.165. The molecule has 3 rings (SSSR count). The number of nitrogens with zero attached hydrogens (tertiary/aromatic N) is 1. The third-order valence-corrected chi connectivity index (χ3v) is 4.56. The van der Waals surface area contributed by atoms with Gasteiger partial charge in [-0.05, 0) is 37.1 Å². The summed E-state index contributed by atoms with van der Waals surface area (Å²) in [7, 11) is 0. The summed E-state index contributed by atoms with van der Waals surface area (Å²) in [5, 5.41) is 5.42. The van der Waals surface area contributed by atoms with Gasteiger partial charge in [-0.15, -0.1) is 0 Å². The van der Waals surface area contributed by atoms with Crippen LogP contribution in [-0.4, -0.2) is 37.4 Å². The summed E-state index contributed by atoms with van der Waals surface area (Å²) in [6.07, 6.45) is 0.0940. The molecule has 0 aliphatic carbocycles. The van der Waals surface area contributed by atoms with Crippen molar-refractivity contribution in [1.29, 1.82) is 0 Å². The molecular formula is C21H23N3O4. The van der Waals surface area contributed by atoms with Crippen molar-refractivity contribution in [2.75, 3.05) is 29.9 Å². The normalized spacial score (nSPS) is 12.8. The number of hydrogen-bond acceptors (Lipinski definition) is 4. The van der Waals surface area contributed by atoms with E-state index in [4.69, 9.17) is 4.74 Å². The van der Waals surface area contributed by atoms with E-state index in [0.717, 1.165) is 16.8 Å². The van der Waals surface area contributed by atoms with E-state index >= 15 is 0 Å². The van der Waals surface area contributed by atoms with Crippen LogP contribution in [-0.2, 0) is 14.4 Å². The maximum Gasteiger partial charge on any atom is 0.265 e. The van der Waals surface area contributed by atoms with Gasteiger partial charge in [-0.3, -0.25) is 14.4 Å². The number of aryl methyl sites for hydroxylation is 2. The Hall–Kier alpha value is -3.35. The van der Waals surface area contributed by atoms with Gasteiger partial charge in [-0.1, -0.05) is 30.3 Å². The number of carbonyl (C=O) groups excluding carboxylic acids is 3. The molecule has 0 fully saturated rings. The Morgan fingerprint density at radius 1 is 1.04 bits per heavy atom. The van der Waals surface area contributed by atoms with E-state index in [0.29, 0.717) is 11.4 Å². The highest BCUT2D eigenvalue weighted by Crippen LogP contribution is 2.31. The lowest BCUT2D eigenvalue weighted by Crippen LogP contribution is -2.41. The first-order chi connectivity index (χ1) is 13.5. The van der Waals surface area contributed by atoms with Crippen LogP contribution in [0.1, 0.15) is 17.5 Å². The number of amides is 3. The minimum Gasteiger partial charge on any atom is -0.482 e. The molecule has 0 atom stereocenters. The van der Waals surface area contributed by atoms with Crippen LogP contribution in [0.4, 0.5) is 11.4 Å². The van der Waals surface area contributed by atoms with E-state index < -0.39 is 0 Å². The summed E-state index contributed by atoms with van der Waals surface area (Å²) >= 11 is 0. The monoisotopic (exact) mass is 381 g/mol. The molecule has 0 spiro atoms. The standard InChI is InChI=1S/C21H23N3O4/c1-14-6-5-7-15(2)21(14)23-19(26)12-22-18(25)10-11-24-16-8-3-4-9-17(16)28-13-20(24)27/h3-9H,10-13H2,1-2H3,(H,22,25)(H,23,26). The molecule has 2 aromatic rings. The van der Waals surface area contributed by atoms with Crippen molar-refractivity contribution in [1.82, 2.24) is 5.32 Å². The van der Waals surface area contributed by atoms with Crippen LogP contribution in [0.2, 0.25) is 0 Å². The highest BCUT2D eigenvalue weighted by Gasteiger charge is 2.25. The Labute approximate surface area is 163 Å². The zero-order valence-electron chi connectivity index (χ0n) is 16.0. The lowest BCUT2D eigenvalue weighted by molar-refractivity contribution is -0.124. The van der Waals surface area contributed by atoms with Crippen molar-refractivity contribution in [2.45, 2.75) is 20.3 Å². The topological polar surface area (TPSA) is 87.7 Å². The van der Waals surface area contributed by atoms with Crippen LogP contribution in [0.25, 0.3) is 0 Å². The number of ether oxygens (including phenoxy) is 1. The van der Waals surface area contributed by atoms with Crippen molar-refractivity contribution in [3.63, 3.8) is 0 Å². The van der Waals surface area contributed by atoms with Crippen molar-refractivity contribution in [2.24, 2.45) is 0 Å². The summed E-state index contributed by atoms with van der Waals surface area (Å²) in [4.78, 5) is 37.9. The Morgan fingerprint density at radius 2 is 1.75 bits per heavy atom. The lowest BCUT2D eigenvalue weighted by Gasteiger charge is -2.29. The highest BCUT2D eigenvalue weighted by molar-refractivity contribution is 5.99. The van der Waals surface area contributed by atoms with Gasteiger partial charge in [0.05, 0.1) is 12.2 Å². The molecular weight excluding hydrogens is 358 g/mol. The van der Waals surface area contributed by atoms with Crippen molar-refractivity contribution in [3.8, 4) is 5.75 Å². The fourth-order valence-electron chi connectivity index (χ4n) is 3.07. The van der Waals surface area contributed by atoms with Crippen molar-refractivity contribution >= 4 is 29.1 Å². The number of para-hydroxylation sites is 3. The Bertz CT molecular complexity index is 890. The zero-order chi connectivity index (χ0) is 20.1. The second-order valence-corrected chi connectivity index (χ2v) is 6.64. The Morgan fingerprint density at radius 3 is 2.50 bits per heavy atom. The highest BCUT2D eigenvalue weighted by atomic mass is 16.5. The number of anilines is 2. The molecule has 1 aliphatic heterocycles. The molecule has 2 N–H and O–H groups in total. The molecule has 1 aliphatic rings. The fourth-order valence-corrected chi connectivity index (χ4v) is 3.07. The van der Waals surface area contributed by atoms with Gasteiger partial charge in [0.1, 0.15) is 5.75 Å². The molecule has 0 unspecified atom stereocenters. The number of fused-ring (bicyclic) bond motifs is 1. The van der Waals surface area contributed by atoms with E-state index in [1.807, 2.05) is 44.2 Å². The smallest absolute Gasteiger partial charge is 0.265 e. The predicted molar refractivity (Wildman–Crippen MR) is 106 cm³/mol. The summed E-state index contributed by atoms with van der Waals surface area (Å²) in [6, 6.07) is 13.0. The van der Waals surface area contributed by atoms with Gasteiger partial charge in [-0.2, -0.15) is 0 Å². The first-order valence-electron chi connectivity index (χ1n) is 9.10. The SMILES string of the molecule is Cc1cccc(C)c1NC(=O)CNC(=O)CCN1C(=O)COc2ccccc21. The first kappa shape index (κ1) is 19.4. The molecule has 7 heteroatoms. The molecule has 0 saturated carbocycles. The minimum atomic E-state index is -0.298. The fraction of sp³-hybridized carbons (Fsp3) is 0.286.